The first-order valence-corrected chi connectivity index (χ1v) is 9.93. The highest BCUT2D eigenvalue weighted by atomic mass is 35.5. The predicted octanol–water partition coefficient (Wildman–Crippen LogP) is 2.73. The van der Waals surface area contributed by atoms with Crippen LogP contribution in [-0.2, 0) is 20.8 Å². The Morgan fingerprint density at radius 2 is 1.94 bits per heavy atom. The summed E-state index contributed by atoms with van der Waals surface area (Å²) < 4.78 is 0. The smallest absolute Gasteiger partial charge is 0.350 e. The van der Waals surface area contributed by atoms with E-state index in [9.17, 15) is 14.4 Å². The second-order valence-electron chi connectivity index (χ2n) is 6.48. The van der Waals surface area contributed by atoms with E-state index in [0.29, 0.717) is 22.0 Å². The van der Waals surface area contributed by atoms with Crippen LogP contribution in [0.5, 0.6) is 0 Å². The van der Waals surface area contributed by atoms with E-state index in [1.165, 1.54) is 18.1 Å². The third kappa shape index (κ3) is 5.91. The minimum absolute atomic E-state index is 0.0236. The predicted molar refractivity (Wildman–Crippen MR) is 116 cm³/mol. The molecule has 10 heteroatoms. The van der Waals surface area contributed by atoms with Crippen LogP contribution in [0.3, 0.4) is 0 Å². The van der Waals surface area contributed by atoms with Gasteiger partial charge in [0.25, 0.3) is 11.8 Å². The number of nitrogens with zero attached hydrogens (tertiary/aromatic N) is 2. The van der Waals surface area contributed by atoms with E-state index in [2.05, 4.69) is 20.7 Å². The van der Waals surface area contributed by atoms with Crippen molar-refractivity contribution in [2.24, 2.45) is 4.99 Å². The van der Waals surface area contributed by atoms with E-state index >= 15 is 0 Å². The molecule has 0 unspecified atom stereocenters. The molecule has 1 fully saturated rings. The average molecular weight is 461 g/mol. The van der Waals surface area contributed by atoms with Gasteiger partial charge in [0, 0.05) is 35.3 Å². The van der Waals surface area contributed by atoms with Gasteiger partial charge in [0.15, 0.2) is 0 Å². The van der Waals surface area contributed by atoms with Crippen LogP contribution in [0.1, 0.15) is 15.9 Å². The van der Waals surface area contributed by atoms with E-state index in [0.717, 1.165) is 5.56 Å². The van der Waals surface area contributed by atoms with Crippen LogP contribution in [0.15, 0.2) is 65.3 Å². The molecule has 31 heavy (non-hydrogen) atoms. The van der Waals surface area contributed by atoms with Gasteiger partial charge in [-0.3, -0.25) is 14.6 Å². The molecule has 2 aromatic carbocycles. The Balaban J connectivity index is 1.79. The van der Waals surface area contributed by atoms with Crippen LogP contribution >= 0.6 is 23.2 Å². The number of carbonyl (C=O) groups is 3. The molecule has 1 aliphatic heterocycles. The summed E-state index contributed by atoms with van der Waals surface area (Å²) in [6.45, 7) is 0.223. The molecule has 0 radical (unpaired) electrons. The number of carbonyl (C=O) groups excluding carboxylic acids is 3. The number of hydrogen-bond donors (Lipinski definition) is 2. The number of benzene rings is 2. The molecule has 3 rings (SSSR count). The van der Waals surface area contributed by atoms with Gasteiger partial charge in [-0.15, -0.1) is 0 Å². The zero-order chi connectivity index (χ0) is 22.4. The fraction of sp³-hybridized carbons (Fsp3) is 0.143. The van der Waals surface area contributed by atoms with E-state index in [4.69, 9.17) is 23.2 Å². The highest BCUT2D eigenvalue weighted by molar-refractivity contribution is 6.45. The summed E-state index contributed by atoms with van der Waals surface area (Å²) in [4.78, 5) is 45.7. The van der Waals surface area contributed by atoms with Crippen LogP contribution in [0.4, 0.5) is 0 Å². The fourth-order valence-electron chi connectivity index (χ4n) is 2.66. The second kappa shape index (κ2) is 10.2. The number of halogens is 2. The maximum atomic E-state index is 12.8. The first-order chi connectivity index (χ1) is 14.8. The Labute approximate surface area is 188 Å². The molecule has 1 aliphatic rings. The molecule has 0 bridgehead atoms. The summed E-state index contributed by atoms with van der Waals surface area (Å²) in [6.07, 6.45) is 1.62. The van der Waals surface area contributed by atoms with Crippen molar-refractivity contribution in [3.63, 3.8) is 0 Å². The van der Waals surface area contributed by atoms with Gasteiger partial charge >= 0.3 is 5.97 Å². The lowest BCUT2D eigenvalue weighted by Crippen LogP contribution is -2.33. The van der Waals surface area contributed by atoms with Crippen molar-refractivity contribution in [1.82, 2.24) is 15.9 Å². The number of hydrogen-bond acceptors (Lipinski definition) is 6. The minimum atomic E-state index is -0.705. The summed E-state index contributed by atoms with van der Waals surface area (Å²) in [6, 6.07) is 13.4. The van der Waals surface area contributed by atoms with E-state index < -0.39 is 17.8 Å². The Morgan fingerprint density at radius 1 is 1.19 bits per heavy atom. The van der Waals surface area contributed by atoms with Gasteiger partial charge in [-0.05, 0) is 36.2 Å². The van der Waals surface area contributed by atoms with Crippen LogP contribution < -0.4 is 10.9 Å². The minimum Gasteiger partial charge on any atom is -0.350 e. The molecule has 1 heterocycles. The summed E-state index contributed by atoms with van der Waals surface area (Å²) in [5, 5.41) is 4.95. The molecule has 0 spiro atoms. The highest BCUT2D eigenvalue weighted by Crippen LogP contribution is 2.21. The third-order valence-electron chi connectivity index (χ3n) is 4.29. The average Bonchev–Trinajstić information content (AvgIpc) is 3.07. The molecule has 160 valence electrons. The Kier molecular flexibility index (Phi) is 7.41. The van der Waals surface area contributed by atoms with Crippen molar-refractivity contribution in [3.05, 3.63) is 81.5 Å². The second-order valence-corrected chi connectivity index (χ2v) is 7.32. The van der Waals surface area contributed by atoms with Gasteiger partial charge in [0.2, 0.25) is 0 Å². The number of rotatable bonds is 6. The number of amides is 2. The molecule has 0 atom stereocenters. The Morgan fingerprint density at radius 3 is 2.58 bits per heavy atom. The van der Waals surface area contributed by atoms with Crippen molar-refractivity contribution in [1.29, 1.82) is 0 Å². The number of aliphatic imine (C=N–C) groups is 1. The molecule has 1 saturated heterocycles. The van der Waals surface area contributed by atoms with Crippen molar-refractivity contribution >= 4 is 46.7 Å². The van der Waals surface area contributed by atoms with Crippen molar-refractivity contribution < 1.29 is 19.2 Å². The van der Waals surface area contributed by atoms with Gasteiger partial charge in [0.05, 0.1) is 0 Å². The van der Waals surface area contributed by atoms with Gasteiger partial charge in [-0.1, -0.05) is 53.1 Å². The van der Waals surface area contributed by atoms with Crippen molar-refractivity contribution in [3.8, 4) is 0 Å². The maximum absolute atomic E-state index is 12.8. The fourth-order valence-corrected chi connectivity index (χ4v) is 3.17. The molecular formula is C21H18Cl2N4O4. The molecule has 2 amide bonds. The summed E-state index contributed by atoms with van der Waals surface area (Å²) >= 11 is 12.0. The third-order valence-corrected chi connectivity index (χ3v) is 4.88. The number of hydrazine groups is 1. The lowest BCUT2D eigenvalue weighted by molar-refractivity contribution is -0.142. The lowest BCUT2D eigenvalue weighted by Gasteiger charge is -2.09. The van der Waals surface area contributed by atoms with Gasteiger partial charge in [-0.25, -0.2) is 9.79 Å². The summed E-state index contributed by atoms with van der Waals surface area (Å²) in [5.41, 5.74) is 3.23. The molecule has 0 aromatic heterocycles. The zero-order valence-corrected chi connectivity index (χ0v) is 17.9. The van der Waals surface area contributed by atoms with Gasteiger partial charge < -0.3 is 10.2 Å². The monoisotopic (exact) mass is 460 g/mol. The molecule has 0 aliphatic carbocycles. The standard InChI is InChI=1S/C21H18Cl2N4O4/c1-27-18(21(30)31-26-27)12-17(25-19(28)14-5-3-2-4-6-14)20(29)24-10-9-13-7-8-15(22)11-16(13)23/h2-8,11-12,26H,9-10H2,1H3,(H,24,29)/b18-12-,25-17?. The highest BCUT2D eigenvalue weighted by Gasteiger charge is 2.26. The van der Waals surface area contributed by atoms with Gasteiger partial charge in [-0.2, -0.15) is 0 Å². The van der Waals surface area contributed by atoms with E-state index in [1.54, 1.807) is 48.5 Å². The van der Waals surface area contributed by atoms with Crippen LogP contribution in [0.25, 0.3) is 0 Å². The molecule has 8 nitrogen and oxygen atoms in total. The normalized spacial score (nSPS) is 15.2. The first-order valence-electron chi connectivity index (χ1n) is 9.17. The SMILES string of the molecule is CN1NOC(=O)/C1=C/C(=NC(=O)c1ccccc1)C(=O)NCCc1ccc(Cl)cc1Cl. The van der Waals surface area contributed by atoms with Crippen LogP contribution in [-0.4, -0.2) is 42.1 Å². The van der Waals surface area contributed by atoms with Crippen LogP contribution in [0.2, 0.25) is 10.0 Å². The van der Waals surface area contributed by atoms with Crippen molar-refractivity contribution in [2.45, 2.75) is 6.42 Å². The van der Waals surface area contributed by atoms with E-state index in [1.807, 2.05) is 0 Å². The largest absolute Gasteiger partial charge is 0.376 e. The van der Waals surface area contributed by atoms with E-state index in [-0.39, 0.29) is 18.0 Å². The summed E-state index contributed by atoms with van der Waals surface area (Å²) in [7, 11) is 1.52. The number of nitrogens with one attached hydrogen (secondary N) is 2. The molecule has 0 saturated carbocycles. The maximum Gasteiger partial charge on any atom is 0.376 e. The lowest BCUT2D eigenvalue weighted by atomic mass is 10.1. The quantitative estimate of drug-likeness (QED) is 0.507. The first kappa shape index (κ1) is 22.5. The van der Waals surface area contributed by atoms with Crippen molar-refractivity contribution in [2.75, 3.05) is 13.6 Å². The van der Waals surface area contributed by atoms with Crippen LogP contribution in [0, 0.1) is 0 Å². The van der Waals surface area contributed by atoms with Gasteiger partial charge in [0.1, 0.15) is 11.4 Å². The topological polar surface area (TPSA) is 100 Å². The Hall–Kier alpha value is -3.20. The zero-order valence-electron chi connectivity index (χ0n) is 16.4. The molecular weight excluding hydrogens is 443 g/mol. The molecule has 2 aromatic rings. The number of likely N-dealkylation sites (N-methyl/N-ethyl adjacent to an activating group) is 1. The molecule has 2 N–H and O–H groups in total. The Bertz CT molecular complexity index is 1070. The summed E-state index contributed by atoms with van der Waals surface area (Å²) in [5.74, 6) is -1.96.